The Morgan fingerprint density at radius 2 is 2.03 bits per heavy atom. The highest BCUT2D eigenvalue weighted by Crippen LogP contribution is 2.58. The maximum Gasteiger partial charge on any atom is 0.401 e. The first-order valence-electron chi connectivity index (χ1n) is 11.5. The van der Waals surface area contributed by atoms with E-state index in [9.17, 15) is 17.6 Å². The fourth-order valence-electron chi connectivity index (χ4n) is 5.23. The molecule has 184 valence electrons. The van der Waals surface area contributed by atoms with Gasteiger partial charge in [-0.15, -0.1) is 5.10 Å². The number of rotatable bonds is 5. The Morgan fingerprint density at radius 1 is 1.23 bits per heavy atom. The van der Waals surface area contributed by atoms with Crippen LogP contribution >= 0.6 is 0 Å². The van der Waals surface area contributed by atoms with Crippen molar-refractivity contribution in [2.75, 3.05) is 12.8 Å². The monoisotopic (exact) mass is 489 g/mol. The lowest BCUT2D eigenvalue weighted by Crippen LogP contribution is -2.33. The van der Waals surface area contributed by atoms with Gasteiger partial charge in [-0.3, -0.25) is 0 Å². The Labute approximate surface area is 197 Å². The summed E-state index contributed by atoms with van der Waals surface area (Å²) in [4.78, 5) is 13.1. The quantitative estimate of drug-likeness (QED) is 0.426. The molecule has 1 saturated carbocycles. The molecule has 8 nitrogen and oxygen atoms in total. The molecular formula is C23H23F4N7O. The Hall–Kier alpha value is -3.44. The van der Waals surface area contributed by atoms with Crippen molar-refractivity contribution in [2.45, 2.75) is 56.7 Å². The van der Waals surface area contributed by atoms with Crippen LogP contribution < -0.4 is 10.5 Å². The topological polar surface area (TPSA) is 96.2 Å². The van der Waals surface area contributed by atoms with E-state index in [2.05, 4.69) is 20.1 Å². The molecule has 2 aliphatic rings. The van der Waals surface area contributed by atoms with Gasteiger partial charge in [0.25, 0.3) is 0 Å². The van der Waals surface area contributed by atoms with Crippen LogP contribution in [0.15, 0.2) is 18.3 Å². The van der Waals surface area contributed by atoms with Crippen molar-refractivity contribution in [1.29, 1.82) is 0 Å². The minimum atomic E-state index is -4.27. The van der Waals surface area contributed by atoms with Gasteiger partial charge in [0.05, 0.1) is 12.5 Å². The third-order valence-electron chi connectivity index (χ3n) is 7.29. The van der Waals surface area contributed by atoms with Crippen molar-refractivity contribution in [2.24, 2.45) is 5.92 Å². The van der Waals surface area contributed by atoms with Crippen LogP contribution in [0, 0.1) is 11.7 Å². The van der Waals surface area contributed by atoms with Crippen LogP contribution in [-0.2, 0) is 24.8 Å². The van der Waals surface area contributed by atoms with Crippen LogP contribution in [0.2, 0.25) is 0 Å². The highest BCUT2D eigenvalue weighted by atomic mass is 19.4. The molecule has 35 heavy (non-hydrogen) atoms. The summed E-state index contributed by atoms with van der Waals surface area (Å²) < 4.78 is 63.2. The second-order valence-electron chi connectivity index (χ2n) is 9.44. The van der Waals surface area contributed by atoms with Crippen molar-refractivity contribution >= 4 is 22.5 Å². The number of hydrogen-bond acceptors (Lipinski definition) is 6. The van der Waals surface area contributed by atoms with Crippen LogP contribution in [-0.4, -0.2) is 42.4 Å². The van der Waals surface area contributed by atoms with Crippen LogP contribution in [0.25, 0.3) is 16.6 Å². The molecule has 1 atom stereocenters. The van der Waals surface area contributed by atoms with E-state index >= 15 is 0 Å². The fraction of sp³-hybridized carbons (Fsp3) is 0.478. The maximum atomic E-state index is 14.1. The largest absolute Gasteiger partial charge is 0.494 e. The molecule has 0 saturated heterocycles. The number of benzene rings is 1. The minimum absolute atomic E-state index is 0.110. The molecule has 0 bridgehead atoms. The van der Waals surface area contributed by atoms with Gasteiger partial charge >= 0.3 is 6.18 Å². The number of nitrogens with zero attached hydrogens (tertiary/aromatic N) is 6. The Balaban J connectivity index is 1.22. The second-order valence-corrected chi connectivity index (χ2v) is 9.44. The third kappa shape index (κ3) is 3.41. The number of aromatic nitrogens is 6. The maximum absolute atomic E-state index is 14.1. The first-order chi connectivity index (χ1) is 16.7. The molecule has 4 heterocycles. The van der Waals surface area contributed by atoms with Gasteiger partial charge in [0.2, 0.25) is 5.95 Å². The van der Waals surface area contributed by atoms with Crippen LogP contribution in [0.5, 0.6) is 5.75 Å². The number of hydrogen-bond donors (Lipinski definition) is 1. The number of anilines is 1. The van der Waals surface area contributed by atoms with Gasteiger partial charge in [0, 0.05) is 30.9 Å². The van der Waals surface area contributed by atoms with E-state index in [0.717, 1.165) is 18.5 Å². The third-order valence-corrected chi connectivity index (χ3v) is 7.29. The summed E-state index contributed by atoms with van der Waals surface area (Å²) in [6.07, 6.45) is 0.260. The molecular weight excluding hydrogens is 466 g/mol. The van der Waals surface area contributed by atoms with Gasteiger partial charge in [-0.1, -0.05) is 0 Å². The zero-order valence-electron chi connectivity index (χ0n) is 18.9. The molecule has 1 aliphatic carbocycles. The van der Waals surface area contributed by atoms with Crippen LogP contribution in [0.1, 0.15) is 43.0 Å². The zero-order valence-corrected chi connectivity index (χ0v) is 18.9. The first-order valence-corrected chi connectivity index (χ1v) is 11.5. The average molecular weight is 489 g/mol. The normalized spacial score (nSPS) is 19.3. The zero-order chi connectivity index (χ0) is 24.5. The summed E-state index contributed by atoms with van der Waals surface area (Å²) in [5, 5.41) is 4.91. The Bertz CT molecular complexity index is 1450. The minimum Gasteiger partial charge on any atom is -0.494 e. The molecule has 0 spiro atoms. The number of nitrogen functional groups attached to an aromatic ring is 1. The predicted molar refractivity (Wildman–Crippen MR) is 119 cm³/mol. The SMILES string of the molecule is COc1cc(F)cc2c1nc(N)n1nc(CC[C@@H]3CCn4c(cnc4C4(C(F)(F)F)CC4)C3)nc21. The standard InChI is InChI=1S/C23H23F4N7O/c1-35-16-10-13(24)9-15-18(16)31-21(28)34-19(15)30-17(32-34)3-2-12-4-7-33-14(8-12)11-29-20(33)22(5-6-22)23(25,26)27/h9-12H,2-8H2,1H3,(H2,28,31)/t12-/m1/s1. The first kappa shape index (κ1) is 22.1. The van der Waals surface area contributed by atoms with Gasteiger partial charge in [-0.25, -0.2) is 19.3 Å². The number of fused-ring (bicyclic) bond motifs is 4. The molecule has 0 radical (unpaired) electrons. The predicted octanol–water partition coefficient (Wildman–Crippen LogP) is 3.99. The van der Waals surface area contributed by atoms with Crippen molar-refractivity contribution in [3.05, 3.63) is 41.5 Å². The summed E-state index contributed by atoms with van der Waals surface area (Å²) in [5.74, 6) is 0.869. The van der Waals surface area contributed by atoms with Crippen LogP contribution in [0.3, 0.4) is 0 Å². The van der Waals surface area contributed by atoms with Crippen molar-refractivity contribution < 1.29 is 22.3 Å². The smallest absolute Gasteiger partial charge is 0.401 e. The second kappa shape index (κ2) is 7.53. The molecule has 0 unspecified atom stereocenters. The summed E-state index contributed by atoms with van der Waals surface area (Å²) >= 11 is 0. The van der Waals surface area contributed by atoms with Gasteiger partial charge in [-0.2, -0.15) is 17.7 Å². The summed E-state index contributed by atoms with van der Waals surface area (Å²) in [5.41, 5.74) is 5.95. The van der Waals surface area contributed by atoms with Crippen molar-refractivity contribution in [3.63, 3.8) is 0 Å². The van der Waals surface area contributed by atoms with E-state index in [-0.39, 0.29) is 36.3 Å². The lowest BCUT2D eigenvalue weighted by Gasteiger charge is -2.27. The van der Waals surface area contributed by atoms with Gasteiger partial charge in [0.15, 0.2) is 11.5 Å². The van der Waals surface area contributed by atoms with E-state index < -0.39 is 17.4 Å². The average Bonchev–Trinajstić information content (AvgIpc) is 3.35. The Morgan fingerprint density at radius 3 is 2.74 bits per heavy atom. The molecule has 12 heteroatoms. The van der Waals surface area contributed by atoms with Crippen molar-refractivity contribution in [3.8, 4) is 5.75 Å². The lowest BCUT2D eigenvalue weighted by atomic mass is 9.91. The molecule has 2 N–H and O–H groups in total. The van der Waals surface area contributed by atoms with E-state index in [1.54, 1.807) is 10.8 Å². The van der Waals surface area contributed by atoms with E-state index in [0.29, 0.717) is 41.8 Å². The van der Waals surface area contributed by atoms with E-state index in [4.69, 9.17) is 10.5 Å². The lowest BCUT2D eigenvalue weighted by molar-refractivity contribution is -0.163. The number of alkyl halides is 3. The van der Waals surface area contributed by atoms with Gasteiger partial charge in [0.1, 0.15) is 28.3 Å². The molecule has 3 aromatic heterocycles. The van der Waals surface area contributed by atoms with Crippen LogP contribution in [0.4, 0.5) is 23.5 Å². The van der Waals surface area contributed by atoms with E-state index in [1.807, 2.05) is 0 Å². The summed E-state index contributed by atoms with van der Waals surface area (Å²) in [6.45, 7) is 0.520. The molecule has 1 aliphatic heterocycles. The Kier molecular flexibility index (Phi) is 4.74. The molecule has 1 fully saturated rings. The molecule has 4 aromatic rings. The number of ether oxygens (including phenoxy) is 1. The van der Waals surface area contributed by atoms with Crippen molar-refractivity contribution in [1.82, 2.24) is 29.1 Å². The highest BCUT2D eigenvalue weighted by molar-refractivity contribution is 5.95. The molecule has 0 amide bonds. The fourth-order valence-corrected chi connectivity index (χ4v) is 5.23. The van der Waals surface area contributed by atoms with Gasteiger partial charge in [-0.05, 0) is 44.1 Å². The summed E-state index contributed by atoms with van der Waals surface area (Å²) in [6, 6.07) is 2.56. The number of nitrogens with two attached hydrogens (primary N) is 1. The number of imidazole rings is 1. The highest BCUT2D eigenvalue weighted by Gasteiger charge is 2.67. The molecule has 1 aromatic carbocycles. The van der Waals surface area contributed by atoms with Gasteiger partial charge < -0.3 is 15.0 Å². The van der Waals surface area contributed by atoms with E-state index in [1.165, 1.54) is 23.8 Å². The number of methoxy groups -OCH3 is 1. The number of halogens is 4. The summed E-state index contributed by atoms with van der Waals surface area (Å²) in [7, 11) is 1.43. The molecule has 6 rings (SSSR count). The number of aryl methyl sites for hydroxylation is 1.